The number of carbonyl (C=O) groups is 1. The van der Waals surface area contributed by atoms with E-state index in [9.17, 15) is 4.79 Å². The first kappa shape index (κ1) is 12.3. The number of thiophene rings is 1. The van der Waals surface area contributed by atoms with Gasteiger partial charge in [-0.3, -0.25) is 0 Å². The SMILES string of the molecule is CCOC(=O)c1cnc(-c2cccs2)nc1C1CC1. The molecule has 0 unspecified atom stereocenters. The monoisotopic (exact) mass is 274 g/mol. The van der Waals surface area contributed by atoms with Gasteiger partial charge in [-0.05, 0) is 31.2 Å². The maximum absolute atomic E-state index is 11.9. The van der Waals surface area contributed by atoms with E-state index in [4.69, 9.17) is 4.74 Å². The number of carbonyl (C=O) groups excluding carboxylic acids is 1. The highest BCUT2D eigenvalue weighted by Gasteiger charge is 2.31. The molecule has 1 aliphatic rings. The van der Waals surface area contributed by atoms with Crippen LogP contribution in [0.4, 0.5) is 0 Å². The second-order valence-corrected chi connectivity index (χ2v) is 5.41. The highest BCUT2D eigenvalue weighted by Crippen LogP contribution is 2.41. The molecule has 0 bridgehead atoms. The van der Waals surface area contributed by atoms with Gasteiger partial charge in [-0.1, -0.05) is 6.07 Å². The predicted octanol–water partition coefficient (Wildman–Crippen LogP) is 3.26. The van der Waals surface area contributed by atoms with Crippen LogP contribution in [0.5, 0.6) is 0 Å². The van der Waals surface area contributed by atoms with Gasteiger partial charge >= 0.3 is 5.97 Å². The number of ether oxygens (including phenoxy) is 1. The average Bonchev–Trinajstić information content (AvgIpc) is 3.13. The Morgan fingerprint density at radius 3 is 3.00 bits per heavy atom. The van der Waals surface area contributed by atoms with Crippen LogP contribution >= 0.6 is 11.3 Å². The van der Waals surface area contributed by atoms with Crippen molar-refractivity contribution in [1.29, 1.82) is 0 Å². The standard InChI is InChI=1S/C14H14N2O2S/c1-2-18-14(17)10-8-15-13(11-4-3-7-19-11)16-12(10)9-5-6-9/h3-4,7-9H,2,5-6H2,1H3. The van der Waals surface area contributed by atoms with E-state index in [0.717, 1.165) is 23.4 Å². The number of aromatic nitrogens is 2. The van der Waals surface area contributed by atoms with Gasteiger partial charge in [-0.2, -0.15) is 0 Å². The van der Waals surface area contributed by atoms with E-state index >= 15 is 0 Å². The smallest absolute Gasteiger partial charge is 0.341 e. The molecule has 0 spiro atoms. The Morgan fingerprint density at radius 2 is 2.37 bits per heavy atom. The summed E-state index contributed by atoms with van der Waals surface area (Å²) < 4.78 is 5.06. The lowest BCUT2D eigenvalue weighted by atomic mass is 10.1. The summed E-state index contributed by atoms with van der Waals surface area (Å²) in [6.07, 6.45) is 3.79. The Balaban J connectivity index is 2.00. The normalized spacial score (nSPS) is 14.4. The zero-order chi connectivity index (χ0) is 13.2. The maximum Gasteiger partial charge on any atom is 0.341 e. The van der Waals surface area contributed by atoms with E-state index in [1.54, 1.807) is 24.5 Å². The molecule has 3 rings (SSSR count). The molecule has 0 aliphatic heterocycles. The zero-order valence-corrected chi connectivity index (χ0v) is 11.4. The Hall–Kier alpha value is -1.75. The lowest BCUT2D eigenvalue weighted by molar-refractivity contribution is 0.0524. The molecule has 2 aromatic heterocycles. The van der Waals surface area contributed by atoms with Crippen molar-refractivity contribution in [3.05, 3.63) is 35.0 Å². The molecule has 1 saturated carbocycles. The van der Waals surface area contributed by atoms with Crippen molar-refractivity contribution in [2.24, 2.45) is 0 Å². The minimum Gasteiger partial charge on any atom is -0.462 e. The van der Waals surface area contributed by atoms with Crippen LogP contribution in [0.2, 0.25) is 0 Å². The molecule has 98 valence electrons. The summed E-state index contributed by atoms with van der Waals surface area (Å²) in [4.78, 5) is 21.8. The largest absolute Gasteiger partial charge is 0.462 e. The van der Waals surface area contributed by atoms with Crippen LogP contribution in [0, 0.1) is 0 Å². The Bertz CT molecular complexity index is 591. The van der Waals surface area contributed by atoms with E-state index in [0.29, 0.717) is 23.9 Å². The van der Waals surface area contributed by atoms with E-state index in [1.807, 2.05) is 17.5 Å². The molecule has 0 radical (unpaired) electrons. The number of rotatable bonds is 4. The molecule has 19 heavy (non-hydrogen) atoms. The highest BCUT2D eigenvalue weighted by molar-refractivity contribution is 7.13. The van der Waals surface area contributed by atoms with E-state index in [-0.39, 0.29) is 5.97 Å². The minimum atomic E-state index is -0.317. The van der Waals surface area contributed by atoms with E-state index < -0.39 is 0 Å². The Labute approximate surface area is 115 Å². The number of esters is 1. The second kappa shape index (κ2) is 5.09. The van der Waals surface area contributed by atoms with Crippen molar-refractivity contribution in [2.75, 3.05) is 6.61 Å². The van der Waals surface area contributed by atoms with Crippen LogP contribution < -0.4 is 0 Å². The average molecular weight is 274 g/mol. The van der Waals surface area contributed by atoms with Gasteiger partial charge in [-0.15, -0.1) is 11.3 Å². The number of hydrogen-bond acceptors (Lipinski definition) is 5. The second-order valence-electron chi connectivity index (χ2n) is 4.46. The van der Waals surface area contributed by atoms with E-state index in [2.05, 4.69) is 9.97 Å². The lowest BCUT2D eigenvalue weighted by Crippen LogP contribution is -2.10. The minimum absolute atomic E-state index is 0.317. The fourth-order valence-electron chi connectivity index (χ4n) is 1.95. The third-order valence-corrected chi connectivity index (χ3v) is 3.89. The molecule has 1 fully saturated rings. The molecule has 2 aromatic rings. The maximum atomic E-state index is 11.9. The van der Waals surface area contributed by atoms with Gasteiger partial charge < -0.3 is 4.74 Å². The molecule has 0 saturated heterocycles. The summed E-state index contributed by atoms with van der Waals surface area (Å²) in [5, 5.41) is 1.99. The third-order valence-electron chi connectivity index (χ3n) is 3.02. The predicted molar refractivity (Wildman–Crippen MR) is 73.3 cm³/mol. The molecular formula is C14H14N2O2S. The fraction of sp³-hybridized carbons (Fsp3) is 0.357. The van der Waals surface area contributed by atoms with Gasteiger partial charge in [0, 0.05) is 12.1 Å². The first-order chi connectivity index (χ1) is 9.29. The molecule has 0 atom stereocenters. The van der Waals surface area contributed by atoms with Crippen LogP contribution in [0.25, 0.3) is 10.7 Å². The van der Waals surface area contributed by atoms with Crippen molar-refractivity contribution in [2.45, 2.75) is 25.7 Å². The van der Waals surface area contributed by atoms with Crippen molar-refractivity contribution in [3.8, 4) is 10.7 Å². The quantitative estimate of drug-likeness (QED) is 0.803. The van der Waals surface area contributed by atoms with Gasteiger partial charge in [0.2, 0.25) is 0 Å². The van der Waals surface area contributed by atoms with Gasteiger partial charge in [0.25, 0.3) is 0 Å². The van der Waals surface area contributed by atoms with Crippen LogP contribution in [-0.4, -0.2) is 22.5 Å². The van der Waals surface area contributed by atoms with Gasteiger partial charge in [0.05, 0.1) is 22.7 Å². The zero-order valence-electron chi connectivity index (χ0n) is 10.6. The van der Waals surface area contributed by atoms with E-state index in [1.165, 1.54) is 0 Å². The Kier molecular flexibility index (Phi) is 3.29. The topological polar surface area (TPSA) is 52.1 Å². The summed E-state index contributed by atoms with van der Waals surface area (Å²) in [6.45, 7) is 2.17. The lowest BCUT2D eigenvalue weighted by Gasteiger charge is -2.08. The summed E-state index contributed by atoms with van der Waals surface area (Å²) in [6, 6.07) is 3.96. The van der Waals surface area contributed by atoms with Crippen molar-refractivity contribution in [1.82, 2.24) is 9.97 Å². The molecule has 0 aromatic carbocycles. The van der Waals surface area contributed by atoms with Crippen LogP contribution in [0.15, 0.2) is 23.7 Å². The number of nitrogens with zero attached hydrogens (tertiary/aromatic N) is 2. The molecular weight excluding hydrogens is 260 g/mol. The van der Waals surface area contributed by atoms with Crippen molar-refractivity contribution in [3.63, 3.8) is 0 Å². The summed E-state index contributed by atoms with van der Waals surface area (Å²) in [5.41, 5.74) is 1.36. The fourth-order valence-corrected chi connectivity index (χ4v) is 2.62. The van der Waals surface area contributed by atoms with Gasteiger partial charge in [0.1, 0.15) is 0 Å². The van der Waals surface area contributed by atoms with Crippen molar-refractivity contribution >= 4 is 17.3 Å². The summed E-state index contributed by atoms with van der Waals surface area (Å²) >= 11 is 1.60. The van der Waals surface area contributed by atoms with Gasteiger partial charge in [-0.25, -0.2) is 14.8 Å². The molecule has 0 amide bonds. The molecule has 2 heterocycles. The summed E-state index contributed by atoms with van der Waals surface area (Å²) in [5.74, 6) is 0.771. The summed E-state index contributed by atoms with van der Waals surface area (Å²) in [7, 11) is 0. The molecule has 5 heteroatoms. The van der Waals surface area contributed by atoms with Crippen LogP contribution in [0.1, 0.15) is 41.7 Å². The molecule has 4 nitrogen and oxygen atoms in total. The first-order valence-corrected chi connectivity index (χ1v) is 7.25. The Morgan fingerprint density at radius 1 is 1.53 bits per heavy atom. The first-order valence-electron chi connectivity index (χ1n) is 6.37. The number of hydrogen-bond donors (Lipinski definition) is 0. The molecule has 0 N–H and O–H groups in total. The van der Waals surface area contributed by atoms with Gasteiger partial charge in [0.15, 0.2) is 5.82 Å². The van der Waals surface area contributed by atoms with Crippen LogP contribution in [-0.2, 0) is 4.74 Å². The molecule has 1 aliphatic carbocycles. The van der Waals surface area contributed by atoms with Crippen LogP contribution in [0.3, 0.4) is 0 Å². The van der Waals surface area contributed by atoms with Crippen molar-refractivity contribution < 1.29 is 9.53 Å². The highest BCUT2D eigenvalue weighted by atomic mass is 32.1. The third kappa shape index (κ3) is 2.51.